The molecule has 0 unspecified atom stereocenters. The molecule has 10 heteroatoms. The molecule has 1 saturated heterocycles. The number of anilines is 1. The van der Waals surface area contributed by atoms with Crippen molar-refractivity contribution >= 4 is 21.9 Å². The predicted molar refractivity (Wildman–Crippen MR) is 118 cm³/mol. The number of aryl methyl sites for hydroxylation is 1. The Balaban J connectivity index is 1.35. The first kappa shape index (κ1) is 22.0. The number of ether oxygens (including phenoxy) is 1. The van der Waals surface area contributed by atoms with Crippen molar-refractivity contribution in [3.8, 4) is 17.2 Å². The van der Waals surface area contributed by atoms with Crippen LogP contribution < -0.4 is 10.1 Å². The van der Waals surface area contributed by atoms with E-state index >= 15 is 0 Å². The summed E-state index contributed by atoms with van der Waals surface area (Å²) < 4.78 is 37.8. The van der Waals surface area contributed by atoms with Gasteiger partial charge in [0, 0.05) is 24.6 Å². The Morgan fingerprint density at radius 1 is 1.12 bits per heavy atom. The van der Waals surface area contributed by atoms with E-state index in [9.17, 15) is 13.2 Å². The van der Waals surface area contributed by atoms with Crippen molar-refractivity contribution in [2.24, 2.45) is 5.92 Å². The molecule has 0 aliphatic carbocycles. The predicted octanol–water partition coefficient (Wildman–Crippen LogP) is 3.09. The van der Waals surface area contributed by atoms with Gasteiger partial charge in [0.05, 0.1) is 12.0 Å². The zero-order valence-electron chi connectivity index (χ0n) is 17.8. The van der Waals surface area contributed by atoms with Crippen molar-refractivity contribution in [1.82, 2.24) is 14.5 Å². The number of carbonyl (C=O) groups is 1. The fourth-order valence-corrected chi connectivity index (χ4v) is 5.10. The molecular formula is C22H24N4O5S. The lowest BCUT2D eigenvalue weighted by Gasteiger charge is -2.30. The molecule has 1 aliphatic heterocycles. The second kappa shape index (κ2) is 9.09. The summed E-state index contributed by atoms with van der Waals surface area (Å²) in [5, 5.41) is 10.5. The van der Waals surface area contributed by atoms with Gasteiger partial charge < -0.3 is 9.15 Å². The van der Waals surface area contributed by atoms with Crippen LogP contribution in [0.1, 0.15) is 18.4 Å². The van der Waals surface area contributed by atoms with Crippen molar-refractivity contribution in [3.05, 3.63) is 54.1 Å². The number of carbonyl (C=O) groups excluding carboxylic acids is 1. The monoisotopic (exact) mass is 456 g/mol. The van der Waals surface area contributed by atoms with Crippen molar-refractivity contribution in [3.63, 3.8) is 0 Å². The van der Waals surface area contributed by atoms with Crippen molar-refractivity contribution in [2.45, 2.75) is 24.7 Å². The van der Waals surface area contributed by atoms with Gasteiger partial charge in [-0.15, -0.1) is 5.10 Å². The molecule has 9 nitrogen and oxygen atoms in total. The van der Waals surface area contributed by atoms with Gasteiger partial charge in [-0.1, -0.05) is 22.8 Å². The third kappa shape index (κ3) is 4.66. The van der Waals surface area contributed by atoms with Gasteiger partial charge in [-0.2, -0.15) is 4.31 Å². The summed E-state index contributed by atoms with van der Waals surface area (Å²) in [5.41, 5.74) is 1.83. The van der Waals surface area contributed by atoms with Gasteiger partial charge in [-0.3, -0.25) is 10.1 Å². The largest absolute Gasteiger partial charge is 0.497 e. The summed E-state index contributed by atoms with van der Waals surface area (Å²) in [5.74, 6) is 0.313. The van der Waals surface area contributed by atoms with E-state index in [-0.39, 0.29) is 35.8 Å². The van der Waals surface area contributed by atoms with Gasteiger partial charge in [0.1, 0.15) is 5.75 Å². The van der Waals surface area contributed by atoms with Crippen molar-refractivity contribution in [2.75, 3.05) is 25.5 Å². The molecule has 0 bridgehead atoms. The molecule has 168 valence electrons. The summed E-state index contributed by atoms with van der Waals surface area (Å²) in [6, 6.07) is 13.9. The van der Waals surface area contributed by atoms with Crippen LogP contribution >= 0.6 is 0 Å². The van der Waals surface area contributed by atoms with Gasteiger partial charge in [0.2, 0.25) is 21.8 Å². The van der Waals surface area contributed by atoms with E-state index in [1.807, 2.05) is 31.2 Å². The molecule has 1 aromatic heterocycles. The Morgan fingerprint density at radius 3 is 2.50 bits per heavy atom. The lowest BCUT2D eigenvalue weighted by molar-refractivity contribution is -0.121. The third-order valence-electron chi connectivity index (χ3n) is 5.44. The second-order valence-electron chi connectivity index (χ2n) is 7.62. The standard InChI is InChI=1S/C22H24N4O5S/c1-15-4-3-5-17(14-15)21-24-25-22(31-21)23-20(27)16-10-12-26(13-11-16)32(28,29)19-8-6-18(30-2)7-9-19/h3-9,14,16H,10-13H2,1-2H3,(H,23,25,27). The maximum atomic E-state index is 12.9. The number of benzene rings is 2. The molecule has 0 atom stereocenters. The number of amides is 1. The minimum atomic E-state index is -3.62. The number of nitrogens with one attached hydrogen (secondary N) is 1. The number of piperidine rings is 1. The van der Waals surface area contributed by atoms with E-state index in [4.69, 9.17) is 9.15 Å². The van der Waals surface area contributed by atoms with Crippen LogP contribution in [0.25, 0.3) is 11.5 Å². The van der Waals surface area contributed by atoms with Crippen molar-refractivity contribution < 1.29 is 22.4 Å². The van der Waals surface area contributed by atoms with Crippen LogP contribution in [-0.4, -0.2) is 49.0 Å². The molecule has 4 rings (SSSR count). The SMILES string of the molecule is COc1ccc(S(=O)(=O)N2CCC(C(=O)Nc3nnc(-c4cccc(C)c4)o3)CC2)cc1. The molecular weight excluding hydrogens is 432 g/mol. The maximum Gasteiger partial charge on any atom is 0.322 e. The fourth-order valence-electron chi connectivity index (χ4n) is 3.63. The molecule has 1 aliphatic rings. The number of methoxy groups -OCH3 is 1. The highest BCUT2D eigenvalue weighted by Gasteiger charge is 2.32. The smallest absolute Gasteiger partial charge is 0.322 e. The highest BCUT2D eigenvalue weighted by Crippen LogP contribution is 2.26. The van der Waals surface area contributed by atoms with Gasteiger partial charge in [0.15, 0.2) is 0 Å². The molecule has 1 fully saturated rings. The van der Waals surface area contributed by atoms with Gasteiger partial charge in [-0.25, -0.2) is 8.42 Å². The average molecular weight is 457 g/mol. The van der Waals surface area contributed by atoms with E-state index in [0.717, 1.165) is 11.1 Å². The first-order valence-corrected chi connectivity index (χ1v) is 11.7. The van der Waals surface area contributed by atoms with Crippen LogP contribution in [0.4, 0.5) is 6.01 Å². The Bertz CT molecular complexity index is 1200. The van der Waals surface area contributed by atoms with Crippen LogP contribution in [0.5, 0.6) is 5.75 Å². The summed E-state index contributed by atoms with van der Waals surface area (Å²) >= 11 is 0. The van der Waals surface area contributed by atoms with Crippen LogP contribution in [-0.2, 0) is 14.8 Å². The highest BCUT2D eigenvalue weighted by molar-refractivity contribution is 7.89. The zero-order valence-corrected chi connectivity index (χ0v) is 18.6. The molecule has 0 spiro atoms. The van der Waals surface area contributed by atoms with E-state index in [1.165, 1.54) is 23.5 Å². The molecule has 2 heterocycles. The lowest BCUT2D eigenvalue weighted by atomic mass is 9.97. The van der Waals surface area contributed by atoms with E-state index < -0.39 is 10.0 Å². The Labute approximate surface area is 186 Å². The molecule has 0 saturated carbocycles. The van der Waals surface area contributed by atoms with Crippen LogP contribution in [0.2, 0.25) is 0 Å². The molecule has 1 amide bonds. The first-order valence-electron chi connectivity index (χ1n) is 10.2. The summed E-state index contributed by atoms with van der Waals surface area (Å²) in [4.78, 5) is 12.8. The van der Waals surface area contributed by atoms with Crippen molar-refractivity contribution in [1.29, 1.82) is 0 Å². The van der Waals surface area contributed by atoms with E-state index in [1.54, 1.807) is 12.1 Å². The Hall–Kier alpha value is -3.24. The Kier molecular flexibility index (Phi) is 6.24. The summed E-state index contributed by atoms with van der Waals surface area (Å²) in [6.45, 7) is 2.47. The molecule has 2 aromatic carbocycles. The highest BCUT2D eigenvalue weighted by atomic mass is 32.2. The number of hydrogen-bond acceptors (Lipinski definition) is 7. The number of aromatic nitrogens is 2. The van der Waals surface area contributed by atoms with Gasteiger partial charge in [-0.05, 0) is 56.2 Å². The first-order chi connectivity index (χ1) is 15.4. The summed E-state index contributed by atoms with van der Waals surface area (Å²) in [6.07, 6.45) is 0.806. The fraction of sp³-hybridized carbons (Fsp3) is 0.318. The van der Waals surface area contributed by atoms with Crippen LogP contribution in [0.3, 0.4) is 0 Å². The molecule has 3 aromatic rings. The minimum Gasteiger partial charge on any atom is -0.497 e. The maximum absolute atomic E-state index is 12.9. The van der Waals surface area contributed by atoms with Crippen LogP contribution in [0, 0.1) is 12.8 Å². The topological polar surface area (TPSA) is 115 Å². The van der Waals surface area contributed by atoms with Gasteiger partial charge >= 0.3 is 6.01 Å². The molecule has 0 radical (unpaired) electrons. The number of hydrogen-bond donors (Lipinski definition) is 1. The second-order valence-corrected chi connectivity index (χ2v) is 9.56. The van der Waals surface area contributed by atoms with E-state index in [2.05, 4.69) is 15.5 Å². The summed E-state index contributed by atoms with van der Waals surface area (Å²) in [7, 11) is -2.10. The normalized spacial score (nSPS) is 15.4. The lowest BCUT2D eigenvalue weighted by Crippen LogP contribution is -2.41. The van der Waals surface area contributed by atoms with E-state index in [0.29, 0.717) is 24.5 Å². The Morgan fingerprint density at radius 2 is 1.84 bits per heavy atom. The number of nitrogens with zero attached hydrogens (tertiary/aromatic N) is 3. The minimum absolute atomic E-state index is 0.0276. The van der Waals surface area contributed by atoms with Gasteiger partial charge in [0.25, 0.3) is 0 Å². The quantitative estimate of drug-likeness (QED) is 0.606. The number of rotatable bonds is 6. The molecule has 1 N–H and O–H groups in total. The molecule has 32 heavy (non-hydrogen) atoms. The third-order valence-corrected chi connectivity index (χ3v) is 7.35. The van der Waals surface area contributed by atoms with Crippen LogP contribution in [0.15, 0.2) is 57.8 Å². The average Bonchev–Trinajstić information content (AvgIpc) is 3.27. The number of sulfonamides is 1. The zero-order chi connectivity index (χ0) is 22.7.